The maximum atomic E-state index is 5.84. The second-order valence-electron chi connectivity index (χ2n) is 4.24. The molecule has 2 heteroatoms. The molecule has 0 aliphatic carbocycles. The number of nitrogens with one attached hydrogen (secondary N) is 1. The van der Waals surface area contributed by atoms with Gasteiger partial charge in [-0.2, -0.15) is 0 Å². The van der Waals surface area contributed by atoms with Crippen LogP contribution in [0.25, 0.3) is 0 Å². The molecule has 96 valence electrons. The summed E-state index contributed by atoms with van der Waals surface area (Å²) in [5.74, 6) is 0. The molecule has 0 fully saturated rings. The van der Waals surface area contributed by atoms with Crippen LogP contribution in [0.4, 0.5) is 0 Å². The van der Waals surface area contributed by atoms with Gasteiger partial charge < -0.3 is 10.1 Å². The van der Waals surface area contributed by atoms with E-state index < -0.39 is 0 Å². The Hall–Kier alpha value is -0.860. The van der Waals surface area contributed by atoms with Crippen LogP contribution >= 0.6 is 0 Å². The van der Waals surface area contributed by atoms with E-state index in [1.165, 1.54) is 5.56 Å². The van der Waals surface area contributed by atoms with Crippen LogP contribution < -0.4 is 5.32 Å². The average Bonchev–Trinajstić information content (AvgIpc) is 2.39. The van der Waals surface area contributed by atoms with Crippen molar-refractivity contribution in [3.8, 4) is 0 Å². The number of rotatable bonds is 8. The van der Waals surface area contributed by atoms with Crippen molar-refractivity contribution in [1.82, 2.24) is 5.32 Å². The van der Waals surface area contributed by atoms with Crippen molar-refractivity contribution < 1.29 is 4.74 Å². The van der Waals surface area contributed by atoms with Crippen LogP contribution in [0.3, 0.4) is 0 Å². The first kappa shape index (κ1) is 14.2. The van der Waals surface area contributed by atoms with Gasteiger partial charge in [0, 0.05) is 6.61 Å². The normalized spacial score (nSPS) is 14.5. The van der Waals surface area contributed by atoms with Crippen molar-refractivity contribution in [1.29, 1.82) is 0 Å². The maximum absolute atomic E-state index is 5.84. The van der Waals surface area contributed by atoms with Gasteiger partial charge in [0.15, 0.2) is 0 Å². The van der Waals surface area contributed by atoms with Crippen LogP contribution in [-0.4, -0.2) is 19.3 Å². The van der Waals surface area contributed by atoms with Gasteiger partial charge in [0.05, 0.1) is 12.1 Å². The molecule has 0 amide bonds. The Morgan fingerprint density at radius 2 is 1.82 bits per heavy atom. The van der Waals surface area contributed by atoms with Crippen LogP contribution in [0, 0.1) is 0 Å². The van der Waals surface area contributed by atoms with Gasteiger partial charge in [-0.1, -0.05) is 44.2 Å². The number of hydrogen-bond acceptors (Lipinski definition) is 2. The largest absolute Gasteiger partial charge is 0.377 e. The molecule has 2 atom stereocenters. The smallest absolute Gasteiger partial charge is 0.0766 e. The Labute approximate surface area is 105 Å². The summed E-state index contributed by atoms with van der Waals surface area (Å²) in [5.41, 5.74) is 1.32. The maximum Gasteiger partial charge on any atom is 0.0766 e. The second-order valence-corrected chi connectivity index (χ2v) is 4.24. The fourth-order valence-corrected chi connectivity index (χ4v) is 2.09. The Bertz CT molecular complexity index is 286. The minimum Gasteiger partial charge on any atom is -0.377 e. The zero-order chi connectivity index (χ0) is 12.5. The van der Waals surface area contributed by atoms with Gasteiger partial charge >= 0.3 is 0 Å². The summed E-state index contributed by atoms with van der Waals surface area (Å²) in [7, 11) is 0. The highest BCUT2D eigenvalue weighted by atomic mass is 16.5. The molecule has 0 bridgehead atoms. The third-order valence-electron chi connectivity index (χ3n) is 2.93. The molecule has 1 aromatic rings. The molecule has 1 N–H and O–H groups in total. The predicted molar refractivity (Wildman–Crippen MR) is 73.2 cm³/mol. The molecular weight excluding hydrogens is 210 g/mol. The average molecular weight is 235 g/mol. The van der Waals surface area contributed by atoms with E-state index in [0.717, 1.165) is 26.0 Å². The number of benzene rings is 1. The van der Waals surface area contributed by atoms with E-state index in [0.29, 0.717) is 6.04 Å². The second kappa shape index (κ2) is 8.26. The lowest BCUT2D eigenvalue weighted by atomic mass is 9.99. The molecular formula is C15H25NO. The van der Waals surface area contributed by atoms with Gasteiger partial charge in [-0.3, -0.25) is 0 Å². The lowest BCUT2D eigenvalue weighted by Gasteiger charge is -2.27. The molecule has 0 aromatic heterocycles. The van der Waals surface area contributed by atoms with E-state index >= 15 is 0 Å². The number of hydrogen-bond donors (Lipinski definition) is 1. The summed E-state index contributed by atoms with van der Waals surface area (Å²) >= 11 is 0. The highest BCUT2D eigenvalue weighted by Gasteiger charge is 2.20. The van der Waals surface area contributed by atoms with Crippen LogP contribution in [0.5, 0.6) is 0 Å². The van der Waals surface area contributed by atoms with Crippen LogP contribution in [0.2, 0.25) is 0 Å². The third kappa shape index (κ3) is 4.49. The Kier molecular flexibility index (Phi) is 6.90. The monoisotopic (exact) mass is 235 g/mol. The topological polar surface area (TPSA) is 21.3 Å². The van der Waals surface area contributed by atoms with Crippen LogP contribution in [0.15, 0.2) is 30.3 Å². The van der Waals surface area contributed by atoms with Gasteiger partial charge in [0.2, 0.25) is 0 Å². The summed E-state index contributed by atoms with van der Waals surface area (Å²) in [6.45, 7) is 8.24. The molecule has 0 saturated carbocycles. The lowest BCUT2D eigenvalue weighted by molar-refractivity contribution is 0.0314. The van der Waals surface area contributed by atoms with Crippen molar-refractivity contribution in [2.45, 2.75) is 45.8 Å². The Balaban J connectivity index is 2.78. The van der Waals surface area contributed by atoms with Crippen LogP contribution in [0.1, 0.15) is 45.2 Å². The molecule has 0 spiro atoms. The molecule has 1 rings (SSSR count). The van der Waals surface area contributed by atoms with Crippen molar-refractivity contribution >= 4 is 0 Å². The standard InChI is InChI=1S/C15H25NO/c1-4-12-16-15(14(5-2)17-6-3)13-10-8-7-9-11-13/h7-11,14-16H,4-6,12H2,1-3H3. The van der Waals surface area contributed by atoms with Crippen molar-refractivity contribution in [2.24, 2.45) is 0 Å². The quantitative estimate of drug-likeness (QED) is 0.744. The van der Waals surface area contributed by atoms with Gasteiger partial charge in [-0.25, -0.2) is 0 Å². The van der Waals surface area contributed by atoms with Crippen molar-refractivity contribution in [3.63, 3.8) is 0 Å². The van der Waals surface area contributed by atoms with E-state index in [-0.39, 0.29) is 6.10 Å². The zero-order valence-corrected chi connectivity index (χ0v) is 11.3. The van der Waals surface area contributed by atoms with E-state index in [2.05, 4.69) is 56.4 Å². The summed E-state index contributed by atoms with van der Waals surface area (Å²) in [4.78, 5) is 0. The SMILES string of the molecule is CCCNC(c1ccccc1)C(CC)OCC. The molecule has 0 aliphatic heterocycles. The minimum absolute atomic E-state index is 0.258. The third-order valence-corrected chi connectivity index (χ3v) is 2.93. The van der Waals surface area contributed by atoms with Crippen molar-refractivity contribution in [2.75, 3.05) is 13.2 Å². The summed E-state index contributed by atoms with van der Waals surface area (Å²) in [5, 5.41) is 3.60. The van der Waals surface area contributed by atoms with Crippen molar-refractivity contribution in [3.05, 3.63) is 35.9 Å². The predicted octanol–water partition coefficient (Wildman–Crippen LogP) is 3.54. The molecule has 0 radical (unpaired) electrons. The fourth-order valence-electron chi connectivity index (χ4n) is 2.09. The van der Waals surface area contributed by atoms with Gasteiger partial charge in [0.25, 0.3) is 0 Å². The van der Waals surface area contributed by atoms with Crippen LogP contribution in [-0.2, 0) is 4.74 Å². The summed E-state index contributed by atoms with van der Waals surface area (Å²) in [6, 6.07) is 10.9. The van der Waals surface area contributed by atoms with E-state index in [1.54, 1.807) is 0 Å². The minimum atomic E-state index is 0.258. The summed E-state index contributed by atoms with van der Waals surface area (Å²) in [6.07, 6.45) is 2.43. The Morgan fingerprint density at radius 3 is 2.35 bits per heavy atom. The molecule has 0 aliphatic rings. The first-order valence-corrected chi connectivity index (χ1v) is 6.73. The molecule has 2 unspecified atom stereocenters. The van der Waals surface area contributed by atoms with E-state index in [1.807, 2.05) is 0 Å². The summed E-state index contributed by atoms with van der Waals surface area (Å²) < 4.78 is 5.84. The van der Waals surface area contributed by atoms with E-state index in [9.17, 15) is 0 Å². The molecule has 17 heavy (non-hydrogen) atoms. The lowest BCUT2D eigenvalue weighted by Crippen LogP contribution is -2.34. The first-order chi connectivity index (χ1) is 8.33. The molecule has 2 nitrogen and oxygen atoms in total. The van der Waals surface area contributed by atoms with E-state index in [4.69, 9.17) is 4.74 Å². The Morgan fingerprint density at radius 1 is 1.12 bits per heavy atom. The molecule has 1 aromatic carbocycles. The van der Waals surface area contributed by atoms with Gasteiger partial charge in [-0.15, -0.1) is 0 Å². The highest BCUT2D eigenvalue weighted by molar-refractivity contribution is 5.20. The number of ether oxygens (including phenoxy) is 1. The van der Waals surface area contributed by atoms with Gasteiger partial charge in [0.1, 0.15) is 0 Å². The molecule has 0 saturated heterocycles. The highest BCUT2D eigenvalue weighted by Crippen LogP contribution is 2.21. The first-order valence-electron chi connectivity index (χ1n) is 6.73. The zero-order valence-electron chi connectivity index (χ0n) is 11.3. The fraction of sp³-hybridized carbons (Fsp3) is 0.600. The molecule has 0 heterocycles. The van der Waals surface area contributed by atoms with Gasteiger partial charge in [-0.05, 0) is 31.9 Å².